The molecule has 0 radical (unpaired) electrons. The number of hydrogen-bond donors (Lipinski definition) is 2. The van der Waals surface area contributed by atoms with Crippen LogP contribution in [0.25, 0.3) is 0 Å². The molecule has 2 N–H and O–H groups in total. The van der Waals surface area contributed by atoms with Crippen molar-refractivity contribution in [2.24, 2.45) is 4.99 Å². The summed E-state index contributed by atoms with van der Waals surface area (Å²) < 4.78 is 25.7. The van der Waals surface area contributed by atoms with E-state index >= 15 is 0 Å². The Balaban J connectivity index is 1.90. The predicted octanol–water partition coefficient (Wildman–Crippen LogP) is 3.74. The highest BCUT2D eigenvalue weighted by Crippen LogP contribution is 2.39. The molecular weight excluding hydrogens is 363 g/mol. The molecule has 2 aromatic carbocycles. The Morgan fingerprint density at radius 1 is 1.29 bits per heavy atom. The van der Waals surface area contributed by atoms with Gasteiger partial charge < -0.3 is 9.47 Å². The van der Waals surface area contributed by atoms with Crippen LogP contribution >= 0.6 is 0 Å². The fraction of sp³-hybridized carbons (Fsp3) is 0.143. The van der Waals surface area contributed by atoms with Crippen LogP contribution in [0.2, 0.25) is 0 Å². The van der Waals surface area contributed by atoms with Gasteiger partial charge in [0.05, 0.1) is 18.4 Å². The molecule has 0 spiro atoms. The van der Waals surface area contributed by atoms with Gasteiger partial charge in [-0.25, -0.2) is 14.9 Å². The van der Waals surface area contributed by atoms with Gasteiger partial charge in [0.25, 0.3) is 5.91 Å². The van der Waals surface area contributed by atoms with Crippen LogP contribution in [0.3, 0.4) is 0 Å². The maximum atomic E-state index is 14.3. The van der Waals surface area contributed by atoms with Crippen LogP contribution in [0, 0.1) is 5.82 Å². The van der Waals surface area contributed by atoms with E-state index in [0.29, 0.717) is 40.5 Å². The quantitative estimate of drug-likeness (QED) is 0.628. The number of hydrogen-bond acceptors (Lipinski definition) is 5. The van der Waals surface area contributed by atoms with Crippen molar-refractivity contribution < 1.29 is 23.9 Å². The number of hydroxylamine groups is 1. The summed E-state index contributed by atoms with van der Waals surface area (Å²) in [5, 5.41) is 8.78. The molecule has 1 amide bonds. The maximum Gasteiger partial charge on any atom is 0.274 e. The number of nitrogens with zero attached hydrogens (tertiary/aromatic N) is 1. The molecular formula is C21H17FN2O4. The molecule has 0 saturated carbocycles. The van der Waals surface area contributed by atoms with Gasteiger partial charge in [-0.05, 0) is 30.7 Å². The zero-order valence-electron chi connectivity index (χ0n) is 15.0. The largest absolute Gasteiger partial charge is 0.493 e. The Bertz CT molecular complexity index is 1040. The summed E-state index contributed by atoms with van der Waals surface area (Å²) in [6.07, 6.45) is 5.39. The first-order chi connectivity index (χ1) is 13.6. The minimum Gasteiger partial charge on any atom is -0.493 e. The minimum atomic E-state index is -0.619. The number of nitrogens with one attached hydrogen (secondary N) is 1. The maximum absolute atomic E-state index is 14.3. The van der Waals surface area contributed by atoms with Gasteiger partial charge in [0.15, 0.2) is 11.5 Å². The summed E-state index contributed by atoms with van der Waals surface area (Å²) in [6, 6.07) is 9.10. The van der Waals surface area contributed by atoms with E-state index in [-0.39, 0.29) is 11.3 Å². The van der Waals surface area contributed by atoms with Gasteiger partial charge in [0, 0.05) is 23.6 Å². The van der Waals surface area contributed by atoms with Gasteiger partial charge in [-0.3, -0.25) is 10.0 Å². The molecule has 28 heavy (non-hydrogen) atoms. The van der Waals surface area contributed by atoms with E-state index in [1.54, 1.807) is 29.7 Å². The van der Waals surface area contributed by atoms with Gasteiger partial charge in [0.1, 0.15) is 17.3 Å². The van der Waals surface area contributed by atoms with E-state index in [1.165, 1.54) is 19.2 Å². The van der Waals surface area contributed by atoms with Crippen LogP contribution in [0.5, 0.6) is 11.5 Å². The number of allylic oxidation sites excluding steroid dienone is 3. The molecule has 6 nitrogen and oxygen atoms in total. The van der Waals surface area contributed by atoms with Gasteiger partial charge >= 0.3 is 0 Å². The Kier molecular flexibility index (Phi) is 4.67. The number of aliphatic imine (C=N–C) groups is 1. The molecule has 1 aliphatic heterocycles. The number of fused-ring (bicyclic) bond motifs is 1. The summed E-state index contributed by atoms with van der Waals surface area (Å²) in [4.78, 5) is 16.3. The van der Waals surface area contributed by atoms with Gasteiger partial charge in [-0.15, -0.1) is 0 Å². The summed E-state index contributed by atoms with van der Waals surface area (Å²) >= 11 is 0. The third kappa shape index (κ3) is 3.16. The molecule has 0 fully saturated rings. The zero-order valence-corrected chi connectivity index (χ0v) is 15.0. The molecule has 2 aromatic rings. The summed E-state index contributed by atoms with van der Waals surface area (Å²) in [5.41, 5.74) is 4.17. The fourth-order valence-corrected chi connectivity index (χ4v) is 3.20. The SMILES string of the molecule is COc1cc(F)cc2c1OC1=C(C=CCC1)N=C2c1ccc(C(=O)NO)cc1. The lowest BCUT2D eigenvalue weighted by Gasteiger charge is -2.16. The fourth-order valence-electron chi connectivity index (χ4n) is 3.20. The van der Waals surface area contributed by atoms with Gasteiger partial charge in [-0.1, -0.05) is 18.2 Å². The van der Waals surface area contributed by atoms with E-state index in [0.717, 1.165) is 6.42 Å². The molecule has 0 aromatic heterocycles. The molecule has 142 valence electrons. The highest BCUT2D eigenvalue weighted by Gasteiger charge is 2.26. The number of amides is 1. The first kappa shape index (κ1) is 17.9. The normalized spacial score (nSPS) is 15.0. The van der Waals surface area contributed by atoms with E-state index in [9.17, 15) is 9.18 Å². The Morgan fingerprint density at radius 3 is 2.79 bits per heavy atom. The number of carbonyl (C=O) groups is 1. The minimum absolute atomic E-state index is 0.280. The lowest BCUT2D eigenvalue weighted by molar-refractivity contribution is 0.0706. The van der Waals surface area contributed by atoms with Crippen LogP contribution in [-0.2, 0) is 0 Å². The van der Waals surface area contributed by atoms with E-state index < -0.39 is 11.7 Å². The molecule has 0 atom stereocenters. The second kappa shape index (κ2) is 7.28. The number of benzene rings is 2. The summed E-state index contributed by atoms with van der Waals surface area (Å²) in [5.74, 6) is 0.284. The molecule has 0 bridgehead atoms. The summed E-state index contributed by atoms with van der Waals surface area (Å²) in [7, 11) is 1.46. The van der Waals surface area contributed by atoms with Crippen molar-refractivity contribution >= 4 is 11.6 Å². The first-order valence-electron chi connectivity index (χ1n) is 8.69. The Labute approximate surface area is 160 Å². The average molecular weight is 380 g/mol. The molecule has 7 heteroatoms. The van der Waals surface area contributed by atoms with Crippen molar-refractivity contribution in [2.75, 3.05) is 7.11 Å². The standard InChI is InChI=1S/C21H17FN2O4/c1-27-18-11-14(22)10-15-19(12-6-8-13(9-7-12)21(25)24-26)23-16-4-2-3-5-17(16)28-20(15)18/h2,4,6-11,26H,3,5H2,1H3,(H,24,25). The van der Waals surface area contributed by atoms with Gasteiger partial charge in [-0.2, -0.15) is 0 Å². The van der Waals surface area contributed by atoms with E-state index in [2.05, 4.69) is 0 Å². The first-order valence-corrected chi connectivity index (χ1v) is 8.69. The number of halogens is 1. The third-order valence-electron chi connectivity index (χ3n) is 4.57. The van der Waals surface area contributed by atoms with Crippen molar-refractivity contribution in [2.45, 2.75) is 12.8 Å². The second-order valence-corrected chi connectivity index (χ2v) is 6.31. The van der Waals surface area contributed by atoms with Crippen LogP contribution in [0.1, 0.15) is 34.3 Å². The van der Waals surface area contributed by atoms with Crippen molar-refractivity contribution in [3.8, 4) is 11.5 Å². The molecule has 0 saturated heterocycles. The van der Waals surface area contributed by atoms with Crippen molar-refractivity contribution in [3.63, 3.8) is 0 Å². The van der Waals surface area contributed by atoms with E-state index in [4.69, 9.17) is 19.7 Å². The van der Waals surface area contributed by atoms with Gasteiger partial charge in [0.2, 0.25) is 0 Å². The summed E-state index contributed by atoms with van der Waals surface area (Å²) in [6.45, 7) is 0. The second-order valence-electron chi connectivity index (χ2n) is 6.31. The topological polar surface area (TPSA) is 80.2 Å². The monoisotopic (exact) mass is 380 g/mol. The van der Waals surface area contributed by atoms with Crippen molar-refractivity contribution in [3.05, 3.63) is 82.5 Å². The number of rotatable bonds is 3. The molecule has 1 aliphatic carbocycles. The predicted molar refractivity (Wildman–Crippen MR) is 100 cm³/mol. The molecule has 2 aliphatic rings. The molecule has 1 heterocycles. The lowest BCUT2D eigenvalue weighted by Crippen LogP contribution is -2.18. The number of carbonyl (C=O) groups excluding carboxylic acids is 1. The van der Waals surface area contributed by atoms with Crippen LogP contribution in [0.15, 0.2) is 65.0 Å². The van der Waals surface area contributed by atoms with Crippen molar-refractivity contribution in [1.82, 2.24) is 5.48 Å². The molecule has 0 unspecified atom stereocenters. The van der Waals surface area contributed by atoms with Crippen LogP contribution in [-0.4, -0.2) is 23.9 Å². The van der Waals surface area contributed by atoms with E-state index in [1.807, 2.05) is 12.2 Å². The van der Waals surface area contributed by atoms with Crippen molar-refractivity contribution in [1.29, 1.82) is 0 Å². The average Bonchev–Trinajstić information content (AvgIpc) is 2.89. The highest BCUT2D eigenvalue weighted by molar-refractivity contribution is 6.16. The zero-order chi connectivity index (χ0) is 19.7. The van der Waals surface area contributed by atoms with Crippen LogP contribution in [0.4, 0.5) is 4.39 Å². The lowest BCUT2D eigenvalue weighted by atomic mass is 9.99. The smallest absolute Gasteiger partial charge is 0.274 e. The number of ether oxygens (including phenoxy) is 2. The Morgan fingerprint density at radius 2 is 2.07 bits per heavy atom. The third-order valence-corrected chi connectivity index (χ3v) is 4.57. The Hall–Kier alpha value is -3.45. The highest BCUT2D eigenvalue weighted by atomic mass is 19.1. The number of methoxy groups -OCH3 is 1. The van der Waals surface area contributed by atoms with Crippen LogP contribution < -0.4 is 15.0 Å². The molecule has 4 rings (SSSR count).